The molecule has 2 heterocycles. The Balaban J connectivity index is 2.11. The molecule has 2 N–H and O–H groups in total. The summed E-state index contributed by atoms with van der Waals surface area (Å²) in [5, 5.41) is 17.2. The van der Waals surface area contributed by atoms with Crippen LogP contribution in [0.2, 0.25) is 0 Å². The number of benzene rings is 1. The van der Waals surface area contributed by atoms with Crippen molar-refractivity contribution in [3.05, 3.63) is 47.7 Å². The first-order valence-corrected chi connectivity index (χ1v) is 10.2. The van der Waals surface area contributed by atoms with Crippen molar-refractivity contribution in [3.8, 4) is 11.3 Å². The fraction of sp³-hybridized carbons (Fsp3) is 0.391. The molecule has 158 valence electrons. The van der Waals surface area contributed by atoms with Gasteiger partial charge in [-0.1, -0.05) is 43.7 Å². The van der Waals surface area contributed by atoms with E-state index in [0.29, 0.717) is 28.7 Å². The molecule has 0 spiro atoms. The third-order valence-electron chi connectivity index (χ3n) is 4.96. The van der Waals surface area contributed by atoms with E-state index in [1.165, 1.54) is 0 Å². The lowest BCUT2D eigenvalue weighted by molar-refractivity contribution is -0.139. The van der Waals surface area contributed by atoms with E-state index in [0.717, 1.165) is 11.1 Å². The molecular weight excluding hydrogens is 380 g/mol. The lowest BCUT2D eigenvalue weighted by Gasteiger charge is -2.17. The van der Waals surface area contributed by atoms with Gasteiger partial charge in [0.1, 0.15) is 6.04 Å². The van der Waals surface area contributed by atoms with Gasteiger partial charge in [-0.15, -0.1) is 0 Å². The van der Waals surface area contributed by atoms with Crippen molar-refractivity contribution < 1.29 is 14.7 Å². The third-order valence-corrected chi connectivity index (χ3v) is 4.96. The fourth-order valence-corrected chi connectivity index (χ4v) is 3.38. The molecule has 0 radical (unpaired) electrons. The number of carbonyl (C=O) groups excluding carboxylic acids is 1. The highest BCUT2D eigenvalue weighted by molar-refractivity contribution is 6.07. The number of amides is 1. The summed E-state index contributed by atoms with van der Waals surface area (Å²) >= 11 is 0. The van der Waals surface area contributed by atoms with Crippen LogP contribution in [-0.4, -0.2) is 37.8 Å². The third kappa shape index (κ3) is 4.50. The molecule has 3 rings (SSSR count). The molecule has 0 bridgehead atoms. The summed E-state index contributed by atoms with van der Waals surface area (Å²) in [6.07, 6.45) is 1.97. The van der Waals surface area contributed by atoms with Crippen LogP contribution >= 0.6 is 0 Å². The summed E-state index contributed by atoms with van der Waals surface area (Å²) in [5.74, 6) is -1.35. The number of aryl methyl sites for hydroxylation is 1. The zero-order valence-electron chi connectivity index (χ0n) is 18.0. The van der Waals surface area contributed by atoms with Gasteiger partial charge in [0, 0.05) is 11.6 Å². The number of aliphatic carboxylic acids is 1. The fourth-order valence-electron chi connectivity index (χ4n) is 3.38. The Morgan fingerprint density at radius 3 is 2.37 bits per heavy atom. The second kappa shape index (κ2) is 8.65. The van der Waals surface area contributed by atoms with Gasteiger partial charge < -0.3 is 10.4 Å². The van der Waals surface area contributed by atoms with Gasteiger partial charge in [-0.3, -0.25) is 4.79 Å². The molecule has 0 aliphatic carbocycles. The van der Waals surface area contributed by atoms with Gasteiger partial charge in [-0.05, 0) is 39.2 Å². The Labute approximate surface area is 176 Å². The van der Waals surface area contributed by atoms with E-state index in [9.17, 15) is 14.7 Å². The van der Waals surface area contributed by atoms with Crippen molar-refractivity contribution in [3.63, 3.8) is 0 Å². The highest BCUT2D eigenvalue weighted by atomic mass is 16.4. The summed E-state index contributed by atoms with van der Waals surface area (Å²) in [7, 11) is 0. The molecule has 0 saturated carbocycles. The number of hydrogen-bond acceptors (Lipinski definition) is 4. The summed E-state index contributed by atoms with van der Waals surface area (Å²) in [6, 6.07) is 8.71. The lowest BCUT2D eigenvalue weighted by atomic mass is 10.0. The summed E-state index contributed by atoms with van der Waals surface area (Å²) in [6.45, 7) is 9.85. The molecule has 2 aromatic heterocycles. The lowest BCUT2D eigenvalue weighted by Crippen LogP contribution is -2.41. The van der Waals surface area contributed by atoms with E-state index in [1.807, 2.05) is 58.9 Å². The molecule has 0 aliphatic heterocycles. The maximum atomic E-state index is 13.1. The van der Waals surface area contributed by atoms with E-state index in [2.05, 4.69) is 10.4 Å². The van der Waals surface area contributed by atoms with Crippen LogP contribution in [0.15, 0.2) is 36.5 Å². The second-order valence-corrected chi connectivity index (χ2v) is 8.34. The first-order valence-electron chi connectivity index (χ1n) is 10.2. The van der Waals surface area contributed by atoms with Crippen LogP contribution in [0.5, 0.6) is 0 Å². The predicted molar refractivity (Wildman–Crippen MR) is 116 cm³/mol. The second-order valence-electron chi connectivity index (χ2n) is 8.34. The Bertz CT molecular complexity index is 1070. The number of pyridine rings is 1. The van der Waals surface area contributed by atoms with Crippen molar-refractivity contribution in [1.29, 1.82) is 0 Å². The van der Waals surface area contributed by atoms with Crippen LogP contribution < -0.4 is 5.32 Å². The van der Waals surface area contributed by atoms with E-state index >= 15 is 0 Å². The largest absolute Gasteiger partial charge is 0.480 e. The van der Waals surface area contributed by atoms with E-state index in [4.69, 9.17) is 4.98 Å². The van der Waals surface area contributed by atoms with Gasteiger partial charge in [0.25, 0.3) is 5.91 Å². The number of nitrogens with zero attached hydrogens (tertiary/aromatic N) is 3. The van der Waals surface area contributed by atoms with E-state index in [-0.39, 0.29) is 12.0 Å². The number of carboxylic acid groups (broad SMARTS) is 1. The Hall–Kier alpha value is -3.22. The van der Waals surface area contributed by atoms with Gasteiger partial charge in [-0.2, -0.15) is 5.10 Å². The normalized spacial score (nSPS) is 12.5. The van der Waals surface area contributed by atoms with Crippen molar-refractivity contribution in [1.82, 2.24) is 20.1 Å². The first kappa shape index (κ1) is 21.5. The number of nitrogens with one attached hydrogen (secondary N) is 1. The Kier molecular flexibility index (Phi) is 6.20. The minimum absolute atomic E-state index is 0.0619. The molecule has 1 aromatic carbocycles. The van der Waals surface area contributed by atoms with Gasteiger partial charge in [0.2, 0.25) is 0 Å². The number of aromatic nitrogens is 3. The highest BCUT2D eigenvalue weighted by Crippen LogP contribution is 2.27. The maximum Gasteiger partial charge on any atom is 0.326 e. The molecule has 0 unspecified atom stereocenters. The SMILES string of the molecule is Cc1ccc(-c2cc(C(=O)N[C@@H](CC(C)C)C(=O)O)c3cnn(C(C)C)c3n2)cc1. The summed E-state index contributed by atoms with van der Waals surface area (Å²) in [5.41, 5.74) is 3.63. The average molecular weight is 409 g/mol. The molecule has 7 heteroatoms. The Morgan fingerprint density at radius 1 is 1.13 bits per heavy atom. The standard InChI is InChI=1S/C23H28N4O3/c1-13(2)10-20(23(29)30)26-22(28)17-11-19(16-8-6-15(5)7-9-16)25-21-18(17)12-24-27(21)14(3)4/h6-9,11-14,20H,10H2,1-5H3,(H,26,28)(H,29,30)/t20-/m0/s1. The molecule has 1 atom stereocenters. The molecule has 3 aromatic rings. The molecule has 7 nitrogen and oxygen atoms in total. The van der Waals surface area contributed by atoms with Crippen LogP contribution in [0.3, 0.4) is 0 Å². The molecule has 30 heavy (non-hydrogen) atoms. The summed E-state index contributed by atoms with van der Waals surface area (Å²) < 4.78 is 1.77. The maximum absolute atomic E-state index is 13.1. The van der Waals surface area contributed by atoms with Gasteiger partial charge in [-0.25, -0.2) is 14.5 Å². The molecule has 0 fully saturated rings. The van der Waals surface area contributed by atoms with Crippen LogP contribution in [0.1, 0.15) is 56.1 Å². The van der Waals surface area contributed by atoms with Gasteiger partial charge in [0.05, 0.1) is 22.8 Å². The number of carboxylic acids is 1. The number of carbonyl (C=O) groups is 2. The smallest absolute Gasteiger partial charge is 0.326 e. The molecule has 1 amide bonds. The number of hydrogen-bond donors (Lipinski definition) is 2. The highest BCUT2D eigenvalue weighted by Gasteiger charge is 2.24. The molecular formula is C23H28N4O3. The molecule has 0 aliphatic rings. The first-order chi connectivity index (χ1) is 14.2. The van der Waals surface area contributed by atoms with Crippen molar-refractivity contribution in [2.24, 2.45) is 5.92 Å². The minimum Gasteiger partial charge on any atom is -0.480 e. The minimum atomic E-state index is -1.04. The molecule has 0 saturated heterocycles. The van der Waals surface area contributed by atoms with Crippen LogP contribution in [0.4, 0.5) is 0 Å². The predicted octanol–water partition coefficient (Wildman–Crippen LogP) is 4.22. The van der Waals surface area contributed by atoms with Gasteiger partial charge in [0.15, 0.2) is 5.65 Å². The van der Waals surface area contributed by atoms with Crippen molar-refractivity contribution in [2.75, 3.05) is 0 Å². The van der Waals surface area contributed by atoms with E-state index < -0.39 is 17.9 Å². The zero-order chi connectivity index (χ0) is 22.0. The monoisotopic (exact) mass is 408 g/mol. The van der Waals surface area contributed by atoms with Crippen molar-refractivity contribution in [2.45, 2.75) is 53.1 Å². The average Bonchev–Trinajstić information content (AvgIpc) is 3.11. The number of rotatable bonds is 7. The van der Waals surface area contributed by atoms with Crippen LogP contribution in [-0.2, 0) is 4.79 Å². The van der Waals surface area contributed by atoms with E-state index in [1.54, 1.807) is 16.9 Å². The van der Waals surface area contributed by atoms with Gasteiger partial charge >= 0.3 is 5.97 Å². The summed E-state index contributed by atoms with van der Waals surface area (Å²) in [4.78, 5) is 29.5. The van der Waals surface area contributed by atoms with Crippen LogP contribution in [0.25, 0.3) is 22.3 Å². The zero-order valence-corrected chi connectivity index (χ0v) is 18.0. The Morgan fingerprint density at radius 2 is 1.80 bits per heavy atom. The topological polar surface area (TPSA) is 97.1 Å². The van der Waals surface area contributed by atoms with Crippen LogP contribution in [0, 0.1) is 12.8 Å². The van der Waals surface area contributed by atoms with Crippen molar-refractivity contribution >= 4 is 22.9 Å². The quantitative estimate of drug-likeness (QED) is 0.610. The number of fused-ring (bicyclic) bond motifs is 1.